The van der Waals surface area contributed by atoms with Crippen LogP contribution < -0.4 is 0 Å². The average Bonchev–Trinajstić information content (AvgIpc) is 2.42. The number of aromatic nitrogens is 1. The van der Waals surface area contributed by atoms with E-state index in [4.69, 9.17) is 5.11 Å². The van der Waals surface area contributed by atoms with Crippen molar-refractivity contribution in [2.75, 3.05) is 33.7 Å². The zero-order chi connectivity index (χ0) is 15.1. The molecule has 0 saturated carbocycles. The largest absolute Gasteiger partial charge is 0.477 e. The SMILES string of the molecule is CCCN(CCN(C)C)C(=O)c1ccnc(C(=O)O)c1. The van der Waals surface area contributed by atoms with Crippen molar-refractivity contribution in [2.24, 2.45) is 0 Å². The van der Waals surface area contributed by atoms with Gasteiger partial charge in [0.25, 0.3) is 5.91 Å². The van der Waals surface area contributed by atoms with Crippen molar-refractivity contribution in [2.45, 2.75) is 13.3 Å². The van der Waals surface area contributed by atoms with Crippen molar-refractivity contribution in [3.05, 3.63) is 29.6 Å². The molecule has 110 valence electrons. The third kappa shape index (κ3) is 4.62. The van der Waals surface area contributed by atoms with E-state index in [0.717, 1.165) is 13.0 Å². The van der Waals surface area contributed by atoms with Crippen molar-refractivity contribution in [1.29, 1.82) is 0 Å². The van der Waals surface area contributed by atoms with Gasteiger partial charge >= 0.3 is 5.97 Å². The van der Waals surface area contributed by atoms with Gasteiger partial charge in [-0.15, -0.1) is 0 Å². The Morgan fingerprint density at radius 2 is 1.95 bits per heavy atom. The molecule has 0 fully saturated rings. The van der Waals surface area contributed by atoms with Gasteiger partial charge in [-0.25, -0.2) is 9.78 Å². The average molecular weight is 279 g/mol. The molecule has 1 amide bonds. The molecule has 1 aromatic rings. The van der Waals surface area contributed by atoms with Gasteiger partial charge in [0.2, 0.25) is 0 Å². The van der Waals surface area contributed by atoms with E-state index in [-0.39, 0.29) is 11.6 Å². The summed E-state index contributed by atoms with van der Waals surface area (Å²) in [6.07, 6.45) is 2.21. The minimum absolute atomic E-state index is 0.111. The number of pyridine rings is 1. The molecule has 1 N–H and O–H groups in total. The van der Waals surface area contributed by atoms with Crippen molar-refractivity contribution in [1.82, 2.24) is 14.8 Å². The van der Waals surface area contributed by atoms with Gasteiger partial charge in [0.1, 0.15) is 5.69 Å². The lowest BCUT2D eigenvalue weighted by atomic mass is 10.2. The number of aromatic carboxylic acids is 1. The molecule has 0 radical (unpaired) electrons. The Hall–Kier alpha value is -1.95. The Kier molecular flexibility index (Phi) is 6.11. The molecular formula is C14H21N3O3. The first-order valence-electron chi connectivity index (χ1n) is 6.59. The molecule has 0 atom stereocenters. The number of carboxylic acid groups (broad SMARTS) is 1. The van der Waals surface area contributed by atoms with Crippen LogP contribution in [0.5, 0.6) is 0 Å². The Morgan fingerprint density at radius 1 is 1.25 bits per heavy atom. The lowest BCUT2D eigenvalue weighted by molar-refractivity contribution is 0.0690. The minimum Gasteiger partial charge on any atom is -0.477 e. The van der Waals surface area contributed by atoms with Gasteiger partial charge in [0.05, 0.1) is 0 Å². The molecule has 1 aromatic heterocycles. The van der Waals surface area contributed by atoms with Crippen LogP contribution in [0.15, 0.2) is 18.3 Å². The fourth-order valence-electron chi connectivity index (χ4n) is 1.77. The third-order valence-corrected chi connectivity index (χ3v) is 2.82. The first-order valence-corrected chi connectivity index (χ1v) is 6.59. The maximum atomic E-state index is 12.4. The molecule has 1 rings (SSSR count). The summed E-state index contributed by atoms with van der Waals surface area (Å²) in [5, 5.41) is 8.92. The van der Waals surface area contributed by atoms with E-state index in [9.17, 15) is 9.59 Å². The standard InChI is InChI=1S/C14H21N3O3/c1-4-7-17(9-8-16(2)3)13(18)11-5-6-15-12(10-11)14(19)20/h5-6,10H,4,7-9H2,1-3H3,(H,19,20). The van der Waals surface area contributed by atoms with Crippen LogP contribution in [0.4, 0.5) is 0 Å². The van der Waals surface area contributed by atoms with E-state index in [1.165, 1.54) is 12.3 Å². The smallest absolute Gasteiger partial charge is 0.354 e. The molecule has 20 heavy (non-hydrogen) atoms. The highest BCUT2D eigenvalue weighted by Gasteiger charge is 2.17. The van der Waals surface area contributed by atoms with Gasteiger partial charge in [0, 0.05) is 31.4 Å². The van der Waals surface area contributed by atoms with Crippen LogP contribution in [0.25, 0.3) is 0 Å². The summed E-state index contributed by atoms with van der Waals surface area (Å²) in [4.78, 5) is 30.8. The Morgan fingerprint density at radius 3 is 2.50 bits per heavy atom. The first kappa shape index (κ1) is 16.1. The molecule has 0 aliphatic heterocycles. The Labute approximate surface area is 119 Å². The van der Waals surface area contributed by atoms with Gasteiger partial charge in [-0.2, -0.15) is 0 Å². The van der Waals surface area contributed by atoms with Crippen molar-refractivity contribution in [3.8, 4) is 0 Å². The summed E-state index contributed by atoms with van der Waals surface area (Å²) in [5.74, 6) is -1.28. The van der Waals surface area contributed by atoms with Crippen molar-refractivity contribution < 1.29 is 14.7 Å². The number of likely N-dealkylation sites (N-methyl/N-ethyl adjacent to an activating group) is 1. The molecule has 0 aromatic carbocycles. The van der Waals surface area contributed by atoms with Crippen molar-refractivity contribution in [3.63, 3.8) is 0 Å². The Bertz CT molecular complexity index is 474. The summed E-state index contributed by atoms with van der Waals surface area (Å²) >= 11 is 0. The molecule has 6 nitrogen and oxygen atoms in total. The van der Waals surface area contributed by atoms with Crippen LogP contribution in [-0.4, -0.2) is 65.5 Å². The van der Waals surface area contributed by atoms with Gasteiger partial charge in [0.15, 0.2) is 0 Å². The highest BCUT2D eigenvalue weighted by atomic mass is 16.4. The van der Waals surface area contributed by atoms with Crippen LogP contribution >= 0.6 is 0 Å². The van der Waals surface area contributed by atoms with Crippen LogP contribution in [0.2, 0.25) is 0 Å². The second-order valence-electron chi connectivity index (χ2n) is 4.83. The molecule has 0 saturated heterocycles. The van der Waals surface area contributed by atoms with E-state index < -0.39 is 5.97 Å². The van der Waals surface area contributed by atoms with E-state index in [0.29, 0.717) is 18.7 Å². The van der Waals surface area contributed by atoms with Gasteiger partial charge < -0.3 is 14.9 Å². The molecule has 0 bridgehead atoms. The minimum atomic E-state index is -1.13. The normalized spacial score (nSPS) is 10.6. The number of carbonyl (C=O) groups excluding carboxylic acids is 1. The number of nitrogens with zero attached hydrogens (tertiary/aromatic N) is 3. The number of amides is 1. The molecule has 0 spiro atoms. The summed E-state index contributed by atoms with van der Waals surface area (Å²) in [6, 6.07) is 2.87. The van der Waals surface area contributed by atoms with Gasteiger partial charge in [-0.05, 0) is 32.6 Å². The van der Waals surface area contributed by atoms with Crippen LogP contribution in [-0.2, 0) is 0 Å². The second-order valence-corrected chi connectivity index (χ2v) is 4.83. The number of rotatable bonds is 7. The quantitative estimate of drug-likeness (QED) is 0.811. The Balaban J connectivity index is 2.87. The molecular weight excluding hydrogens is 258 g/mol. The summed E-state index contributed by atoms with van der Waals surface area (Å²) in [6.45, 7) is 4.04. The summed E-state index contributed by atoms with van der Waals surface area (Å²) in [5.41, 5.74) is 0.254. The first-order chi connectivity index (χ1) is 9.45. The highest BCUT2D eigenvalue weighted by Crippen LogP contribution is 2.07. The summed E-state index contributed by atoms with van der Waals surface area (Å²) < 4.78 is 0. The monoisotopic (exact) mass is 279 g/mol. The maximum Gasteiger partial charge on any atom is 0.354 e. The number of hydrogen-bond acceptors (Lipinski definition) is 4. The molecule has 0 unspecified atom stereocenters. The number of carboxylic acids is 1. The fraction of sp³-hybridized carbons (Fsp3) is 0.500. The summed E-state index contributed by atoms with van der Waals surface area (Å²) in [7, 11) is 3.90. The van der Waals surface area contributed by atoms with Crippen molar-refractivity contribution >= 4 is 11.9 Å². The predicted octanol–water partition coefficient (Wildman–Crippen LogP) is 1.19. The predicted molar refractivity (Wildman–Crippen MR) is 75.9 cm³/mol. The van der Waals surface area contributed by atoms with E-state index in [1.807, 2.05) is 25.9 Å². The lowest BCUT2D eigenvalue weighted by Gasteiger charge is -2.24. The maximum absolute atomic E-state index is 12.4. The molecule has 1 heterocycles. The van der Waals surface area contributed by atoms with E-state index >= 15 is 0 Å². The molecule has 0 aliphatic rings. The molecule has 6 heteroatoms. The zero-order valence-corrected chi connectivity index (χ0v) is 12.2. The van der Waals surface area contributed by atoms with Gasteiger partial charge in [-0.3, -0.25) is 4.79 Å². The molecule has 0 aliphatic carbocycles. The topological polar surface area (TPSA) is 73.7 Å². The van der Waals surface area contributed by atoms with Crippen LogP contribution in [0, 0.1) is 0 Å². The van der Waals surface area contributed by atoms with E-state index in [2.05, 4.69) is 4.98 Å². The van der Waals surface area contributed by atoms with E-state index in [1.54, 1.807) is 11.0 Å². The highest BCUT2D eigenvalue weighted by molar-refractivity contribution is 5.96. The van der Waals surface area contributed by atoms with Gasteiger partial charge in [-0.1, -0.05) is 6.92 Å². The third-order valence-electron chi connectivity index (χ3n) is 2.82. The zero-order valence-electron chi connectivity index (χ0n) is 12.2. The number of carbonyl (C=O) groups is 2. The lowest BCUT2D eigenvalue weighted by Crippen LogP contribution is -2.37. The second kappa shape index (κ2) is 7.59. The fourth-order valence-corrected chi connectivity index (χ4v) is 1.77. The number of hydrogen-bond donors (Lipinski definition) is 1. The van der Waals surface area contributed by atoms with Crippen LogP contribution in [0.1, 0.15) is 34.2 Å². The van der Waals surface area contributed by atoms with Crippen LogP contribution in [0.3, 0.4) is 0 Å².